The Morgan fingerprint density at radius 3 is 2.29 bits per heavy atom. The smallest absolute Gasteiger partial charge is 0.261 e. The molecule has 2 heterocycles. The second-order valence-corrected chi connectivity index (χ2v) is 11.7. The average Bonchev–Trinajstić information content (AvgIpc) is 3.26. The molecular formula is C26H39N5O3. The molecule has 8 nitrogen and oxygen atoms in total. The van der Waals surface area contributed by atoms with Gasteiger partial charge in [0, 0.05) is 17.0 Å². The van der Waals surface area contributed by atoms with E-state index >= 15 is 0 Å². The van der Waals surface area contributed by atoms with Crippen molar-refractivity contribution in [3.8, 4) is 11.5 Å². The van der Waals surface area contributed by atoms with Crippen LogP contribution < -0.4 is 20.1 Å². The number of methoxy groups -OCH3 is 2. The Hall–Kier alpha value is -3.16. The van der Waals surface area contributed by atoms with Gasteiger partial charge in [0.25, 0.3) is 5.91 Å². The molecule has 8 heteroatoms. The average molecular weight is 470 g/mol. The number of imidazole rings is 1. The molecule has 1 aromatic carbocycles. The van der Waals surface area contributed by atoms with Crippen LogP contribution in [0.1, 0.15) is 77.9 Å². The fourth-order valence-electron chi connectivity index (χ4n) is 4.53. The quantitative estimate of drug-likeness (QED) is 0.403. The van der Waals surface area contributed by atoms with Crippen molar-refractivity contribution in [1.82, 2.24) is 14.6 Å². The first-order valence-corrected chi connectivity index (χ1v) is 11.6. The van der Waals surface area contributed by atoms with Gasteiger partial charge in [0.05, 0.1) is 31.8 Å². The first-order chi connectivity index (χ1) is 15.6. The largest absolute Gasteiger partial charge is 0.497 e. The number of ether oxygens (including phenoxy) is 2. The molecule has 0 saturated heterocycles. The van der Waals surface area contributed by atoms with Crippen LogP contribution in [0, 0.1) is 5.41 Å². The minimum Gasteiger partial charge on any atom is -0.497 e. The van der Waals surface area contributed by atoms with Gasteiger partial charge >= 0.3 is 0 Å². The minimum atomic E-state index is -0.277. The summed E-state index contributed by atoms with van der Waals surface area (Å²) in [6, 6.07) is 5.26. The summed E-state index contributed by atoms with van der Waals surface area (Å²) in [6.07, 6.45) is 2.55. The summed E-state index contributed by atoms with van der Waals surface area (Å²) >= 11 is 0. The summed E-state index contributed by atoms with van der Waals surface area (Å²) in [6.45, 7) is 17.5. The van der Waals surface area contributed by atoms with Gasteiger partial charge in [0.1, 0.15) is 28.5 Å². The summed E-state index contributed by atoms with van der Waals surface area (Å²) in [5, 5.41) is 11.2. The lowest BCUT2D eigenvalue weighted by Crippen LogP contribution is -2.36. The van der Waals surface area contributed by atoms with Gasteiger partial charge in [-0.2, -0.15) is 9.61 Å². The van der Waals surface area contributed by atoms with Crippen LogP contribution in [0.4, 0.5) is 11.5 Å². The normalized spacial score (nSPS) is 12.6. The van der Waals surface area contributed by atoms with E-state index in [-0.39, 0.29) is 22.3 Å². The number of aromatic nitrogens is 3. The van der Waals surface area contributed by atoms with E-state index in [1.54, 1.807) is 43.1 Å². The van der Waals surface area contributed by atoms with E-state index in [1.807, 2.05) is 0 Å². The van der Waals surface area contributed by atoms with Gasteiger partial charge in [-0.1, -0.05) is 41.5 Å². The van der Waals surface area contributed by atoms with Crippen LogP contribution in [0.2, 0.25) is 0 Å². The van der Waals surface area contributed by atoms with Crippen molar-refractivity contribution < 1.29 is 14.3 Å². The molecule has 0 radical (unpaired) electrons. The van der Waals surface area contributed by atoms with E-state index < -0.39 is 0 Å². The number of hydrogen-bond donors (Lipinski definition) is 3. The third kappa shape index (κ3) is 5.48. The number of H-pyrrole nitrogens is 1. The highest BCUT2D eigenvalue weighted by Crippen LogP contribution is 2.36. The molecule has 0 spiro atoms. The number of nitrogens with zero attached hydrogens (tertiary/aromatic N) is 2. The molecule has 34 heavy (non-hydrogen) atoms. The van der Waals surface area contributed by atoms with E-state index in [1.165, 1.54) is 0 Å². The second-order valence-electron chi connectivity index (χ2n) is 11.7. The van der Waals surface area contributed by atoms with Gasteiger partial charge in [-0.05, 0) is 37.8 Å². The number of amides is 1. The zero-order valence-corrected chi connectivity index (χ0v) is 22.1. The zero-order valence-electron chi connectivity index (χ0n) is 22.1. The van der Waals surface area contributed by atoms with Crippen molar-refractivity contribution in [2.75, 3.05) is 24.9 Å². The number of fused-ring (bicyclic) bond motifs is 1. The van der Waals surface area contributed by atoms with Crippen molar-refractivity contribution in [3.05, 3.63) is 35.7 Å². The SMILES string of the molecule is COc1ccc(NC(=O)c2cnn3c(NC(C)(C)CC(C)(C)C)c(C(C)(C)C)[nH]c23)c(OC)c1. The van der Waals surface area contributed by atoms with Crippen LogP contribution >= 0.6 is 0 Å². The molecule has 0 aliphatic carbocycles. The number of nitrogens with one attached hydrogen (secondary N) is 3. The monoisotopic (exact) mass is 469 g/mol. The van der Waals surface area contributed by atoms with Crippen LogP contribution in [0.15, 0.2) is 24.4 Å². The Labute approximate surface area is 202 Å². The number of carbonyl (C=O) groups is 1. The number of benzene rings is 1. The Bertz CT molecular complexity index is 1180. The minimum absolute atomic E-state index is 0.153. The number of anilines is 2. The first-order valence-electron chi connectivity index (χ1n) is 11.6. The molecule has 0 aliphatic rings. The van der Waals surface area contributed by atoms with Crippen molar-refractivity contribution in [3.63, 3.8) is 0 Å². The van der Waals surface area contributed by atoms with E-state index in [4.69, 9.17) is 9.47 Å². The molecule has 2 aromatic heterocycles. The molecule has 0 atom stereocenters. The van der Waals surface area contributed by atoms with Crippen molar-refractivity contribution in [2.24, 2.45) is 5.41 Å². The van der Waals surface area contributed by atoms with E-state index in [2.05, 4.69) is 76.1 Å². The molecule has 0 aliphatic heterocycles. The lowest BCUT2D eigenvalue weighted by Gasteiger charge is -2.34. The maximum absolute atomic E-state index is 13.3. The van der Waals surface area contributed by atoms with Gasteiger partial charge < -0.3 is 25.1 Å². The van der Waals surface area contributed by atoms with Crippen molar-refractivity contribution in [1.29, 1.82) is 0 Å². The van der Waals surface area contributed by atoms with Crippen LogP contribution in [0.25, 0.3) is 5.65 Å². The maximum Gasteiger partial charge on any atom is 0.261 e. The second kappa shape index (κ2) is 8.89. The highest BCUT2D eigenvalue weighted by molar-refractivity contribution is 6.09. The maximum atomic E-state index is 13.3. The molecule has 3 N–H and O–H groups in total. The van der Waals surface area contributed by atoms with Gasteiger partial charge in [0.2, 0.25) is 0 Å². The van der Waals surface area contributed by atoms with Crippen LogP contribution in [-0.4, -0.2) is 40.3 Å². The van der Waals surface area contributed by atoms with Crippen LogP contribution in [-0.2, 0) is 5.41 Å². The predicted molar refractivity (Wildman–Crippen MR) is 138 cm³/mol. The molecule has 0 unspecified atom stereocenters. The number of rotatable bonds is 7. The third-order valence-corrected chi connectivity index (χ3v) is 5.54. The summed E-state index contributed by atoms with van der Waals surface area (Å²) in [7, 11) is 3.14. The highest BCUT2D eigenvalue weighted by atomic mass is 16.5. The highest BCUT2D eigenvalue weighted by Gasteiger charge is 2.32. The molecular weight excluding hydrogens is 430 g/mol. The molecule has 0 saturated carbocycles. The Balaban J connectivity index is 2.01. The lowest BCUT2D eigenvalue weighted by atomic mass is 9.81. The van der Waals surface area contributed by atoms with Gasteiger partial charge in [-0.25, -0.2) is 0 Å². The van der Waals surface area contributed by atoms with Gasteiger partial charge in [-0.3, -0.25) is 4.79 Å². The van der Waals surface area contributed by atoms with E-state index in [9.17, 15) is 4.79 Å². The Morgan fingerprint density at radius 1 is 1.06 bits per heavy atom. The van der Waals surface area contributed by atoms with Gasteiger partial charge in [0.15, 0.2) is 0 Å². The van der Waals surface area contributed by atoms with Crippen LogP contribution in [0.5, 0.6) is 11.5 Å². The Morgan fingerprint density at radius 2 is 1.74 bits per heavy atom. The summed E-state index contributed by atoms with van der Waals surface area (Å²) in [5.74, 6) is 1.76. The number of carbonyl (C=O) groups excluding carboxylic acids is 1. The van der Waals surface area contributed by atoms with E-state index in [0.29, 0.717) is 28.4 Å². The molecule has 0 fully saturated rings. The number of aromatic amines is 1. The third-order valence-electron chi connectivity index (χ3n) is 5.54. The fourth-order valence-corrected chi connectivity index (χ4v) is 4.53. The molecule has 186 valence electrons. The first kappa shape index (κ1) is 25.5. The Kier molecular flexibility index (Phi) is 6.66. The molecule has 3 rings (SSSR count). The van der Waals surface area contributed by atoms with Crippen LogP contribution in [0.3, 0.4) is 0 Å². The predicted octanol–water partition coefficient (Wildman–Crippen LogP) is 5.86. The summed E-state index contributed by atoms with van der Waals surface area (Å²) in [4.78, 5) is 16.7. The topological polar surface area (TPSA) is 92.7 Å². The zero-order chi connectivity index (χ0) is 25.5. The molecule has 1 amide bonds. The standard InChI is InChI=1S/C26H39N5O3/c1-24(2,3)15-26(7,8)30-22-20(25(4,5)6)29-21-17(14-27-31(21)22)23(32)28-18-12-11-16(33-9)13-19(18)34-10/h11-14,29-30H,15H2,1-10H3,(H,28,32). The van der Waals surface area contributed by atoms with E-state index in [0.717, 1.165) is 17.9 Å². The lowest BCUT2D eigenvalue weighted by molar-refractivity contribution is 0.102. The number of hydrogen-bond acceptors (Lipinski definition) is 5. The van der Waals surface area contributed by atoms with Crippen molar-refractivity contribution in [2.45, 2.75) is 72.8 Å². The molecule has 0 bridgehead atoms. The fraction of sp³-hybridized carbons (Fsp3) is 0.538. The van der Waals surface area contributed by atoms with Crippen molar-refractivity contribution >= 4 is 23.1 Å². The summed E-state index contributed by atoms with van der Waals surface area (Å²) < 4.78 is 12.5. The van der Waals surface area contributed by atoms with Gasteiger partial charge in [-0.15, -0.1) is 0 Å². The summed E-state index contributed by atoms with van der Waals surface area (Å²) in [5.41, 5.74) is 2.43. The molecule has 3 aromatic rings.